The van der Waals surface area contributed by atoms with E-state index < -0.39 is 38.7 Å². The molecule has 0 aliphatic carbocycles. The normalized spacial score (nSPS) is 13.2. The first kappa shape index (κ1) is 21.4. The molecule has 2 aromatic rings. The van der Waals surface area contributed by atoms with Crippen molar-refractivity contribution in [3.05, 3.63) is 64.1 Å². The number of sulfonamides is 1. The first-order chi connectivity index (χ1) is 12.5. The molecule has 2 aromatic carbocycles. The van der Waals surface area contributed by atoms with Crippen molar-refractivity contribution < 1.29 is 31.1 Å². The van der Waals surface area contributed by atoms with Crippen LogP contribution in [0.15, 0.2) is 57.9 Å². The maximum Gasteiger partial charge on any atom is 0.417 e. The number of ether oxygens (including phenoxy) is 1. The number of hydrogen-bond acceptors (Lipinski definition) is 4. The van der Waals surface area contributed by atoms with Crippen LogP contribution in [0.1, 0.15) is 23.6 Å². The maximum absolute atomic E-state index is 13.2. The van der Waals surface area contributed by atoms with Crippen LogP contribution in [0.2, 0.25) is 0 Å². The molecule has 1 atom stereocenters. The molecule has 0 heterocycles. The Hall–Kier alpha value is -1.91. The Kier molecular flexibility index (Phi) is 6.66. The second kappa shape index (κ2) is 8.41. The molecule has 27 heavy (non-hydrogen) atoms. The number of hydrogen-bond donors (Lipinski definition) is 1. The van der Waals surface area contributed by atoms with E-state index in [-0.39, 0.29) is 6.42 Å². The summed E-state index contributed by atoms with van der Waals surface area (Å²) in [6.07, 6.45) is -5.24. The molecule has 146 valence electrons. The van der Waals surface area contributed by atoms with Gasteiger partial charge in [-0.05, 0) is 29.8 Å². The van der Waals surface area contributed by atoms with E-state index in [9.17, 15) is 26.4 Å². The average molecular weight is 466 g/mol. The molecular weight excluding hydrogens is 451 g/mol. The number of alkyl halides is 3. The molecular formula is C17H15BrF3NO4S. The van der Waals surface area contributed by atoms with Gasteiger partial charge in [-0.3, -0.25) is 4.79 Å². The minimum absolute atomic E-state index is 0.389. The number of esters is 1. The Morgan fingerprint density at radius 3 is 2.44 bits per heavy atom. The third-order valence-corrected chi connectivity index (χ3v) is 5.65. The summed E-state index contributed by atoms with van der Waals surface area (Å²) in [6, 6.07) is 9.14. The zero-order valence-electron chi connectivity index (χ0n) is 14.0. The number of nitrogens with one attached hydrogen (secondary N) is 1. The summed E-state index contributed by atoms with van der Waals surface area (Å²) in [5, 5.41) is 0. The summed E-state index contributed by atoms with van der Waals surface area (Å²) in [6.45, 7) is 0. The van der Waals surface area contributed by atoms with E-state index in [0.717, 1.165) is 19.2 Å². The summed E-state index contributed by atoms with van der Waals surface area (Å²) in [5.74, 6) is -0.716. The molecule has 0 saturated heterocycles. The number of rotatable bonds is 6. The van der Waals surface area contributed by atoms with Gasteiger partial charge in [0, 0.05) is 4.47 Å². The lowest BCUT2D eigenvalue weighted by atomic mass is 10.1. The highest BCUT2D eigenvalue weighted by Gasteiger charge is 2.37. The van der Waals surface area contributed by atoms with E-state index in [1.165, 1.54) is 6.07 Å². The molecule has 0 amide bonds. The molecule has 0 radical (unpaired) electrons. The van der Waals surface area contributed by atoms with Crippen molar-refractivity contribution in [1.82, 2.24) is 4.72 Å². The molecule has 0 aliphatic heterocycles. The summed E-state index contributed by atoms with van der Waals surface area (Å²) in [4.78, 5) is 10.8. The molecule has 0 bridgehead atoms. The van der Waals surface area contributed by atoms with Gasteiger partial charge in [-0.15, -0.1) is 0 Å². The summed E-state index contributed by atoms with van der Waals surface area (Å²) in [7, 11) is -3.45. The van der Waals surface area contributed by atoms with Gasteiger partial charge in [0.25, 0.3) is 0 Å². The zero-order chi connectivity index (χ0) is 20.2. The van der Waals surface area contributed by atoms with Gasteiger partial charge in [0.15, 0.2) is 0 Å². The Morgan fingerprint density at radius 1 is 1.19 bits per heavy atom. The Bertz CT molecular complexity index is 932. The lowest BCUT2D eigenvalue weighted by Crippen LogP contribution is -2.32. The fourth-order valence-corrected chi connectivity index (χ4v) is 4.26. The van der Waals surface area contributed by atoms with E-state index in [1.807, 2.05) is 0 Å². The lowest BCUT2D eigenvalue weighted by molar-refractivity contribution is -0.141. The fourth-order valence-electron chi connectivity index (χ4n) is 2.39. The van der Waals surface area contributed by atoms with E-state index in [2.05, 4.69) is 25.4 Å². The monoisotopic (exact) mass is 465 g/mol. The molecule has 5 nitrogen and oxygen atoms in total. The number of halogens is 4. The molecule has 0 fully saturated rings. The summed E-state index contributed by atoms with van der Waals surface area (Å²) in [5.41, 5.74) is -0.897. The highest BCUT2D eigenvalue weighted by atomic mass is 79.9. The van der Waals surface area contributed by atoms with Gasteiger partial charge in [0.2, 0.25) is 10.0 Å². The Morgan fingerprint density at radius 2 is 1.85 bits per heavy atom. The molecule has 0 spiro atoms. The highest BCUT2D eigenvalue weighted by molar-refractivity contribution is 9.10. The van der Waals surface area contributed by atoms with E-state index >= 15 is 0 Å². The maximum atomic E-state index is 13.2. The second-order valence-corrected chi connectivity index (χ2v) is 8.10. The van der Waals surface area contributed by atoms with Crippen LogP contribution in [-0.4, -0.2) is 21.5 Å². The molecule has 1 N–H and O–H groups in total. The minimum atomic E-state index is -4.85. The van der Waals surface area contributed by atoms with Crippen LogP contribution < -0.4 is 4.72 Å². The minimum Gasteiger partial charge on any atom is -0.469 e. The van der Waals surface area contributed by atoms with Crippen molar-refractivity contribution in [2.45, 2.75) is 23.5 Å². The molecule has 0 saturated carbocycles. The van der Waals surface area contributed by atoms with Crippen molar-refractivity contribution in [2.75, 3.05) is 7.11 Å². The Balaban J connectivity index is 2.46. The van der Waals surface area contributed by atoms with Gasteiger partial charge in [-0.1, -0.05) is 40.2 Å². The quantitative estimate of drug-likeness (QED) is 0.653. The Labute approximate surface area is 162 Å². The lowest BCUT2D eigenvalue weighted by Gasteiger charge is -2.20. The molecule has 1 unspecified atom stereocenters. The number of carbonyl (C=O) groups is 1. The van der Waals surface area contributed by atoms with Gasteiger partial charge < -0.3 is 4.74 Å². The van der Waals surface area contributed by atoms with Gasteiger partial charge >= 0.3 is 12.1 Å². The topological polar surface area (TPSA) is 72.5 Å². The molecule has 0 aromatic heterocycles. The van der Waals surface area contributed by atoms with Gasteiger partial charge in [-0.25, -0.2) is 13.1 Å². The molecule has 0 aliphatic rings. The van der Waals surface area contributed by atoms with Crippen LogP contribution in [0.4, 0.5) is 13.2 Å². The van der Waals surface area contributed by atoms with Crippen LogP contribution in [0.5, 0.6) is 0 Å². The average Bonchev–Trinajstić information content (AvgIpc) is 2.60. The van der Waals surface area contributed by atoms with Crippen LogP contribution in [0.3, 0.4) is 0 Å². The van der Waals surface area contributed by atoms with E-state index in [0.29, 0.717) is 16.1 Å². The number of methoxy groups -OCH3 is 1. The second-order valence-electron chi connectivity index (χ2n) is 5.50. The van der Waals surface area contributed by atoms with Gasteiger partial charge in [-0.2, -0.15) is 13.2 Å². The highest BCUT2D eigenvalue weighted by Crippen LogP contribution is 2.34. The van der Waals surface area contributed by atoms with Crippen molar-refractivity contribution >= 4 is 31.9 Å². The van der Waals surface area contributed by atoms with Crippen LogP contribution >= 0.6 is 15.9 Å². The smallest absolute Gasteiger partial charge is 0.417 e. The third-order valence-electron chi connectivity index (χ3n) is 3.63. The van der Waals surface area contributed by atoms with Crippen LogP contribution in [0.25, 0.3) is 0 Å². The van der Waals surface area contributed by atoms with Crippen molar-refractivity contribution in [3.8, 4) is 0 Å². The van der Waals surface area contributed by atoms with Crippen LogP contribution in [-0.2, 0) is 25.7 Å². The first-order valence-electron chi connectivity index (χ1n) is 7.55. The van der Waals surface area contributed by atoms with Crippen LogP contribution in [0, 0.1) is 0 Å². The number of carbonyl (C=O) groups excluding carboxylic acids is 1. The zero-order valence-corrected chi connectivity index (χ0v) is 16.4. The third kappa shape index (κ3) is 5.53. The summed E-state index contributed by atoms with van der Waals surface area (Å²) < 4.78 is 72.2. The predicted molar refractivity (Wildman–Crippen MR) is 95.3 cm³/mol. The standard InChI is InChI=1S/C17H15BrF3NO4S/c1-26-16(23)10-14(11-5-4-6-12(18)9-11)22-27(24,25)15-8-3-2-7-13(15)17(19,20)21/h2-9,14,22H,10H2,1H3. The largest absolute Gasteiger partial charge is 0.469 e. The number of benzene rings is 2. The van der Waals surface area contributed by atoms with Crippen molar-refractivity contribution in [2.24, 2.45) is 0 Å². The molecule has 10 heteroatoms. The van der Waals surface area contributed by atoms with E-state index in [4.69, 9.17) is 0 Å². The fraction of sp³-hybridized carbons (Fsp3) is 0.235. The van der Waals surface area contributed by atoms with Gasteiger partial charge in [0.1, 0.15) is 0 Å². The SMILES string of the molecule is COC(=O)CC(NS(=O)(=O)c1ccccc1C(F)(F)F)c1cccc(Br)c1. The molecule has 2 rings (SSSR count). The van der Waals surface area contributed by atoms with Crippen molar-refractivity contribution in [1.29, 1.82) is 0 Å². The first-order valence-corrected chi connectivity index (χ1v) is 9.83. The van der Waals surface area contributed by atoms with Crippen molar-refractivity contribution in [3.63, 3.8) is 0 Å². The predicted octanol–water partition coefficient (Wildman–Crippen LogP) is 4.05. The summed E-state index contributed by atoms with van der Waals surface area (Å²) >= 11 is 3.23. The van der Waals surface area contributed by atoms with Gasteiger partial charge in [0.05, 0.1) is 30.0 Å². The van der Waals surface area contributed by atoms with E-state index in [1.54, 1.807) is 24.3 Å².